The molecule has 0 unspecified atom stereocenters. The van der Waals surface area contributed by atoms with Crippen LogP contribution in [0.5, 0.6) is 0 Å². The van der Waals surface area contributed by atoms with Gasteiger partial charge in [0, 0.05) is 11.5 Å². The topological polar surface area (TPSA) is 95.9 Å². The van der Waals surface area contributed by atoms with Crippen molar-refractivity contribution in [3.05, 3.63) is 48.0 Å². The summed E-state index contributed by atoms with van der Waals surface area (Å²) < 4.78 is 5.46. The average Bonchev–Trinajstić information content (AvgIpc) is 3.11. The summed E-state index contributed by atoms with van der Waals surface area (Å²) in [5.74, 6) is -2.99. The number of benzene rings is 1. The first kappa shape index (κ1) is 29.9. The van der Waals surface area contributed by atoms with Gasteiger partial charge in [0.25, 0.3) is 0 Å². The van der Waals surface area contributed by atoms with Gasteiger partial charge < -0.3 is 20.1 Å². The van der Waals surface area contributed by atoms with Crippen molar-refractivity contribution in [3.63, 3.8) is 0 Å². The maximum Gasteiger partial charge on any atom is 0.310 e. The summed E-state index contributed by atoms with van der Waals surface area (Å²) in [6, 6.07) is 7.71. The third-order valence-corrected chi connectivity index (χ3v) is 7.62. The maximum absolute atomic E-state index is 14.3. The number of aliphatic hydroxyl groups is 1. The van der Waals surface area contributed by atoms with E-state index in [2.05, 4.69) is 33.0 Å². The van der Waals surface area contributed by atoms with E-state index in [4.69, 9.17) is 4.74 Å². The van der Waals surface area contributed by atoms with E-state index in [1.165, 1.54) is 4.90 Å². The van der Waals surface area contributed by atoms with Gasteiger partial charge >= 0.3 is 5.97 Å². The number of nitrogens with one attached hydrogen (secondary N) is 1. The summed E-state index contributed by atoms with van der Waals surface area (Å²) in [7, 11) is 0. The fourth-order valence-corrected chi connectivity index (χ4v) is 6.75. The molecule has 3 rings (SSSR count). The molecule has 38 heavy (non-hydrogen) atoms. The number of aliphatic hydroxyl groups excluding tert-OH is 1. The number of ether oxygens (including phenoxy) is 1. The summed E-state index contributed by atoms with van der Waals surface area (Å²) in [6.07, 6.45) is 6.30. The quantitative estimate of drug-likeness (QED) is 0.342. The molecule has 2 N–H and O–H groups in total. The molecule has 0 saturated carbocycles. The highest BCUT2D eigenvalue weighted by molar-refractivity contribution is 5.96. The highest BCUT2D eigenvalue weighted by Crippen LogP contribution is 2.48. The van der Waals surface area contributed by atoms with Crippen molar-refractivity contribution in [2.24, 2.45) is 29.1 Å². The molecule has 7 heteroatoms. The number of carbonyl (C=O) groups is 3. The Hall–Kier alpha value is -2.67. The molecular formula is C31H46N2O5. The molecule has 210 valence electrons. The van der Waals surface area contributed by atoms with Gasteiger partial charge in [0.1, 0.15) is 6.04 Å². The molecule has 0 radical (unpaired) electrons. The van der Waals surface area contributed by atoms with E-state index in [1.54, 1.807) is 6.92 Å². The molecule has 2 aliphatic rings. The van der Waals surface area contributed by atoms with Crippen molar-refractivity contribution in [2.75, 3.05) is 13.2 Å². The normalized spacial score (nSPS) is 26.2. The number of esters is 1. The molecule has 1 fully saturated rings. The SMILES string of the molecule is CCC[C@@H]1C=C[C@H]2[C@H](C(=O)N([C@H](CO)c3ccccc3)[C@@H]2C(=O)NC(C)(C)CC(C)(C)C)[C@@H]1C(=O)OCC. The van der Waals surface area contributed by atoms with Crippen LogP contribution in [0.25, 0.3) is 0 Å². The zero-order valence-corrected chi connectivity index (χ0v) is 24.1. The van der Waals surface area contributed by atoms with Crippen LogP contribution in [0.3, 0.4) is 0 Å². The van der Waals surface area contributed by atoms with Crippen LogP contribution in [0.1, 0.15) is 79.3 Å². The Balaban J connectivity index is 2.10. The number of fused-ring (bicyclic) bond motifs is 1. The highest BCUT2D eigenvalue weighted by Gasteiger charge is 2.59. The first-order valence-electron chi connectivity index (χ1n) is 14.0. The lowest BCUT2D eigenvalue weighted by atomic mass is 9.68. The first-order chi connectivity index (χ1) is 17.8. The van der Waals surface area contributed by atoms with E-state index >= 15 is 0 Å². The van der Waals surface area contributed by atoms with E-state index in [0.29, 0.717) is 0 Å². The monoisotopic (exact) mass is 526 g/mol. The molecule has 1 aromatic rings. The molecule has 1 saturated heterocycles. The number of allylic oxidation sites excluding steroid dienone is 1. The second-order valence-corrected chi connectivity index (χ2v) is 12.6. The van der Waals surface area contributed by atoms with Crippen LogP contribution in [-0.2, 0) is 19.1 Å². The van der Waals surface area contributed by atoms with Crippen molar-refractivity contribution in [1.82, 2.24) is 10.2 Å². The average molecular weight is 527 g/mol. The van der Waals surface area contributed by atoms with Crippen LogP contribution in [0.15, 0.2) is 42.5 Å². The van der Waals surface area contributed by atoms with Gasteiger partial charge in [-0.1, -0.05) is 76.6 Å². The van der Waals surface area contributed by atoms with Crippen molar-refractivity contribution in [1.29, 1.82) is 0 Å². The fraction of sp³-hybridized carbons (Fsp3) is 0.645. The van der Waals surface area contributed by atoms with Gasteiger partial charge in [-0.3, -0.25) is 14.4 Å². The Kier molecular flexibility index (Phi) is 9.45. The Bertz CT molecular complexity index is 1010. The fourth-order valence-electron chi connectivity index (χ4n) is 6.75. The third-order valence-electron chi connectivity index (χ3n) is 7.62. The molecule has 1 aliphatic carbocycles. The molecular weight excluding hydrogens is 480 g/mol. The molecule has 0 bridgehead atoms. The summed E-state index contributed by atoms with van der Waals surface area (Å²) in [5.41, 5.74) is 0.207. The minimum atomic E-state index is -0.861. The zero-order chi connectivity index (χ0) is 28.3. The second-order valence-electron chi connectivity index (χ2n) is 12.6. The van der Waals surface area contributed by atoms with Crippen LogP contribution in [0, 0.1) is 29.1 Å². The van der Waals surface area contributed by atoms with Gasteiger partial charge in [0.15, 0.2) is 0 Å². The Morgan fingerprint density at radius 2 is 1.74 bits per heavy atom. The number of amides is 2. The number of rotatable bonds is 10. The van der Waals surface area contributed by atoms with Crippen LogP contribution in [0.2, 0.25) is 0 Å². The van der Waals surface area contributed by atoms with E-state index in [9.17, 15) is 19.5 Å². The summed E-state index contributed by atoms with van der Waals surface area (Å²) in [5, 5.41) is 13.7. The largest absolute Gasteiger partial charge is 0.466 e. The molecule has 7 nitrogen and oxygen atoms in total. The van der Waals surface area contributed by atoms with Gasteiger partial charge in [-0.15, -0.1) is 0 Å². The van der Waals surface area contributed by atoms with Crippen LogP contribution in [-0.4, -0.2) is 52.6 Å². The third kappa shape index (κ3) is 6.48. The van der Waals surface area contributed by atoms with Crippen LogP contribution < -0.4 is 5.32 Å². The lowest BCUT2D eigenvalue weighted by Gasteiger charge is -2.38. The smallest absolute Gasteiger partial charge is 0.310 e. The van der Waals surface area contributed by atoms with E-state index < -0.39 is 41.3 Å². The van der Waals surface area contributed by atoms with Gasteiger partial charge in [0.2, 0.25) is 11.8 Å². The first-order valence-corrected chi connectivity index (χ1v) is 14.0. The van der Waals surface area contributed by atoms with E-state index in [1.807, 2.05) is 56.3 Å². The maximum atomic E-state index is 14.3. The Labute approximate surface area is 228 Å². The molecule has 0 spiro atoms. The molecule has 1 heterocycles. The zero-order valence-electron chi connectivity index (χ0n) is 24.1. The van der Waals surface area contributed by atoms with Crippen molar-refractivity contribution in [3.8, 4) is 0 Å². The number of hydrogen-bond donors (Lipinski definition) is 2. The number of nitrogens with zero attached hydrogens (tertiary/aromatic N) is 1. The van der Waals surface area contributed by atoms with Crippen LogP contribution >= 0.6 is 0 Å². The predicted octanol–water partition coefficient (Wildman–Crippen LogP) is 4.66. The van der Waals surface area contributed by atoms with Crippen molar-refractivity contribution >= 4 is 17.8 Å². The lowest BCUT2D eigenvalue weighted by Crippen LogP contribution is -2.55. The second kappa shape index (κ2) is 12.0. The van der Waals surface area contributed by atoms with Gasteiger partial charge in [-0.25, -0.2) is 0 Å². The van der Waals surface area contributed by atoms with Gasteiger partial charge in [-0.2, -0.15) is 0 Å². The molecule has 1 aliphatic heterocycles. The Morgan fingerprint density at radius 1 is 1.08 bits per heavy atom. The van der Waals surface area contributed by atoms with Crippen molar-refractivity contribution in [2.45, 2.75) is 85.4 Å². The molecule has 1 aromatic carbocycles. The predicted molar refractivity (Wildman–Crippen MR) is 148 cm³/mol. The number of hydrogen-bond acceptors (Lipinski definition) is 5. The lowest BCUT2D eigenvalue weighted by molar-refractivity contribution is -0.156. The number of carbonyl (C=O) groups excluding carboxylic acids is 3. The van der Waals surface area contributed by atoms with E-state index in [-0.39, 0.29) is 36.4 Å². The summed E-state index contributed by atoms with van der Waals surface area (Å²) in [4.78, 5) is 43.2. The van der Waals surface area contributed by atoms with Crippen LogP contribution in [0.4, 0.5) is 0 Å². The standard InChI is InChI=1S/C31H46N2O5/c1-8-13-21-16-17-22-25(24(21)29(37)38-9-2)28(36)33(23(18-34)20-14-11-10-12-15-20)26(22)27(35)32-31(6,7)19-30(3,4)5/h10-12,14-17,21-26,34H,8-9,13,18-19H2,1-7H3,(H,32,35)/t21-,22+,23-,24-,25+,26+/m1/s1. The molecule has 6 atom stereocenters. The summed E-state index contributed by atoms with van der Waals surface area (Å²) in [6.45, 7) is 14.1. The summed E-state index contributed by atoms with van der Waals surface area (Å²) >= 11 is 0. The molecule has 2 amide bonds. The minimum Gasteiger partial charge on any atom is -0.466 e. The van der Waals surface area contributed by atoms with Crippen molar-refractivity contribution < 1.29 is 24.2 Å². The van der Waals surface area contributed by atoms with Gasteiger partial charge in [0.05, 0.1) is 31.1 Å². The Morgan fingerprint density at radius 3 is 2.29 bits per heavy atom. The number of likely N-dealkylation sites (tertiary alicyclic amines) is 1. The highest BCUT2D eigenvalue weighted by atomic mass is 16.5. The van der Waals surface area contributed by atoms with Gasteiger partial charge in [-0.05, 0) is 50.5 Å². The minimum absolute atomic E-state index is 0.0186. The molecule has 0 aromatic heterocycles. The van der Waals surface area contributed by atoms with E-state index in [0.717, 1.165) is 24.8 Å².